The monoisotopic (exact) mass is 568 g/mol. The van der Waals surface area contributed by atoms with Gasteiger partial charge in [-0.1, -0.05) is 72.3 Å². The number of rotatable bonds is 5. The molecule has 1 atom stereocenters. The van der Waals surface area contributed by atoms with E-state index in [1.54, 1.807) is 53.4 Å². The normalized spacial score (nSPS) is 17.8. The van der Waals surface area contributed by atoms with E-state index in [9.17, 15) is 14.4 Å². The van der Waals surface area contributed by atoms with Crippen LogP contribution >= 0.6 is 22.9 Å². The average molecular weight is 569 g/mol. The predicted octanol–water partition coefficient (Wildman–Crippen LogP) is 5.70. The molecule has 2 aromatic heterocycles. The van der Waals surface area contributed by atoms with Crippen molar-refractivity contribution in [1.29, 1.82) is 0 Å². The Hall–Kier alpha value is -4.34. The number of fused-ring (bicyclic) bond motifs is 5. The summed E-state index contributed by atoms with van der Waals surface area (Å²) < 4.78 is 6.10. The fourth-order valence-corrected chi connectivity index (χ4v) is 6.81. The van der Waals surface area contributed by atoms with Crippen molar-refractivity contribution >= 4 is 56.5 Å². The zero-order chi connectivity index (χ0) is 27.6. The average Bonchev–Trinajstić information content (AvgIpc) is 3.60. The first-order valence-electron chi connectivity index (χ1n) is 12.8. The summed E-state index contributed by atoms with van der Waals surface area (Å²) in [4.78, 5) is 46.2. The predicted molar refractivity (Wildman–Crippen MR) is 153 cm³/mol. The minimum absolute atomic E-state index is 0.000465. The Morgan fingerprint density at radius 2 is 1.70 bits per heavy atom. The Morgan fingerprint density at radius 1 is 0.950 bits per heavy atom. The summed E-state index contributed by atoms with van der Waals surface area (Å²) in [5, 5.41) is 10.5. The van der Waals surface area contributed by atoms with Crippen LogP contribution in [0, 0.1) is 0 Å². The lowest BCUT2D eigenvalue weighted by atomic mass is 9.84. The second-order valence-electron chi connectivity index (χ2n) is 9.75. The fraction of sp³-hybridized carbons (Fsp3) is 0.167. The van der Waals surface area contributed by atoms with E-state index in [1.165, 1.54) is 16.2 Å². The first-order valence-corrected chi connectivity index (χ1v) is 14.0. The molecule has 7 rings (SSSR count). The number of carbonyl (C=O) groups excluding carboxylic acids is 2. The van der Waals surface area contributed by atoms with Gasteiger partial charge in [-0.05, 0) is 42.3 Å². The van der Waals surface area contributed by atoms with Crippen molar-refractivity contribution in [2.45, 2.75) is 31.8 Å². The van der Waals surface area contributed by atoms with Gasteiger partial charge in [0.25, 0.3) is 11.8 Å². The minimum Gasteiger partial charge on any atom is -0.450 e. The van der Waals surface area contributed by atoms with Gasteiger partial charge in [0.2, 0.25) is 10.9 Å². The lowest BCUT2D eigenvalue weighted by Crippen LogP contribution is -2.53. The molecule has 5 aromatic rings. The summed E-state index contributed by atoms with van der Waals surface area (Å²) in [6.07, 6.45) is 1.52. The molecule has 2 aliphatic heterocycles. The van der Waals surface area contributed by atoms with Crippen LogP contribution in [0.5, 0.6) is 0 Å². The van der Waals surface area contributed by atoms with Crippen molar-refractivity contribution in [3.63, 3.8) is 0 Å². The highest BCUT2D eigenvalue weighted by Crippen LogP contribution is 2.54. The number of aromatic nitrogens is 2. The number of para-hydroxylation sites is 2. The molecule has 1 unspecified atom stereocenters. The SMILES string of the molecule is CCCc1nnc(N2C(=O)c3oc4ccccc4c(=O)c3C23C(=O)N(Cc2ccc(Cl)cc2)c2ccccc23)s1. The van der Waals surface area contributed by atoms with Crippen LogP contribution in [-0.2, 0) is 23.3 Å². The van der Waals surface area contributed by atoms with Crippen molar-refractivity contribution < 1.29 is 14.0 Å². The Kier molecular flexibility index (Phi) is 5.62. The van der Waals surface area contributed by atoms with E-state index in [2.05, 4.69) is 10.2 Å². The summed E-state index contributed by atoms with van der Waals surface area (Å²) in [6, 6.07) is 21.2. The maximum absolute atomic E-state index is 14.9. The molecule has 8 nitrogen and oxygen atoms in total. The van der Waals surface area contributed by atoms with Gasteiger partial charge in [0, 0.05) is 17.0 Å². The van der Waals surface area contributed by atoms with Gasteiger partial charge in [-0.3, -0.25) is 19.3 Å². The molecule has 4 heterocycles. The summed E-state index contributed by atoms with van der Waals surface area (Å²) >= 11 is 7.34. The molecule has 1 spiro atoms. The maximum Gasteiger partial charge on any atom is 0.297 e. The van der Waals surface area contributed by atoms with E-state index in [4.69, 9.17) is 16.0 Å². The van der Waals surface area contributed by atoms with E-state index in [0.29, 0.717) is 28.1 Å². The maximum atomic E-state index is 14.9. The Balaban J connectivity index is 1.53. The minimum atomic E-state index is -1.80. The molecule has 2 amide bonds. The van der Waals surface area contributed by atoms with Gasteiger partial charge in [0.1, 0.15) is 10.6 Å². The zero-order valence-corrected chi connectivity index (χ0v) is 22.8. The number of anilines is 2. The number of aryl methyl sites for hydroxylation is 1. The second-order valence-corrected chi connectivity index (χ2v) is 11.2. The number of nitrogens with zero attached hydrogens (tertiary/aromatic N) is 4. The molecular weight excluding hydrogens is 548 g/mol. The van der Waals surface area contributed by atoms with E-state index < -0.39 is 22.8 Å². The van der Waals surface area contributed by atoms with Crippen LogP contribution in [0.3, 0.4) is 0 Å². The number of benzene rings is 3. The standard InChI is InChI=1S/C30H21ClN4O4S/c1-2-7-23-32-33-29(40-23)35-27(37)26-24(25(36)19-8-3-6-11-22(19)39-26)30(35)20-9-4-5-10-21(20)34(28(30)38)16-17-12-14-18(31)15-13-17/h3-6,8-15H,2,7,16H2,1H3. The van der Waals surface area contributed by atoms with Crippen LogP contribution in [0.2, 0.25) is 5.02 Å². The number of amides is 2. The second kappa shape index (κ2) is 9.11. The molecule has 0 radical (unpaired) electrons. The van der Waals surface area contributed by atoms with Crippen molar-refractivity contribution in [2.24, 2.45) is 0 Å². The Bertz CT molecular complexity index is 1900. The lowest BCUT2D eigenvalue weighted by Gasteiger charge is -2.32. The van der Waals surface area contributed by atoms with E-state index in [-0.39, 0.29) is 28.6 Å². The van der Waals surface area contributed by atoms with Gasteiger partial charge >= 0.3 is 0 Å². The molecule has 0 fully saturated rings. The van der Waals surface area contributed by atoms with E-state index in [1.807, 2.05) is 31.2 Å². The van der Waals surface area contributed by atoms with Crippen LogP contribution in [0.4, 0.5) is 10.8 Å². The van der Waals surface area contributed by atoms with Gasteiger partial charge in [-0.15, -0.1) is 10.2 Å². The van der Waals surface area contributed by atoms with Crippen LogP contribution in [0.25, 0.3) is 11.0 Å². The molecule has 3 aromatic carbocycles. The lowest BCUT2D eigenvalue weighted by molar-refractivity contribution is -0.121. The number of carbonyl (C=O) groups is 2. The van der Waals surface area contributed by atoms with Gasteiger partial charge in [0.05, 0.1) is 23.2 Å². The first-order chi connectivity index (χ1) is 19.4. The Labute approximate surface area is 237 Å². The molecular formula is C30H21ClN4O4S. The van der Waals surface area contributed by atoms with E-state index >= 15 is 0 Å². The van der Waals surface area contributed by atoms with E-state index in [0.717, 1.165) is 17.0 Å². The summed E-state index contributed by atoms with van der Waals surface area (Å²) in [5.41, 5.74) is -0.00944. The van der Waals surface area contributed by atoms with Crippen LogP contribution in [0.15, 0.2) is 82.0 Å². The molecule has 0 saturated heterocycles. The van der Waals surface area contributed by atoms with Crippen molar-refractivity contribution in [3.05, 3.63) is 116 Å². The molecule has 0 N–H and O–H groups in total. The highest BCUT2D eigenvalue weighted by atomic mass is 35.5. The third kappa shape index (κ3) is 3.34. The van der Waals surface area contributed by atoms with Crippen molar-refractivity contribution in [3.8, 4) is 0 Å². The topological polar surface area (TPSA) is 96.6 Å². The van der Waals surface area contributed by atoms with Gasteiger partial charge in [0.15, 0.2) is 11.0 Å². The Morgan fingerprint density at radius 3 is 2.50 bits per heavy atom. The van der Waals surface area contributed by atoms with Gasteiger partial charge < -0.3 is 9.32 Å². The molecule has 0 bridgehead atoms. The number of hydrogen-bond donors (Lipinski definition) is 0. The summed E-state index contributed by atoms with van der Waals surface area (Å²) in [5.74, 6) is -1.20. The van der Waals surface area contributed by atoms with Crippen LogP contribution in [-0.4, -0.2) is 22.0 Å². The van der Waals surface area contributed by atoms with Crippen molar-refractivity contribution in [1.82, 2.24) is 10.2 Å². The molecule has 0 saturated carbocycles. The third-order valence-electron chi connectivity index (χ3n) is 7.40. The number of halogens is 1. The summed E-state index contributed by atoms with van der Waals surface area (Å²) in [6.45, 7) is 2.24. The van der Waals surface area contributed by atoms with Gasteiger partial charge in [-0.2, -0.15) is 0 Å². The first kappa shape index (κ1) is 24.7. The third-order valence-corrected chi connectivity index (χ3v) is 8.62. The molecule has 2 aliphatic rings. The van der Waals surface area contributed by atoms with Crippen LogP contribution < -0.4 is 15.2 Å². The van der Waals surface area contributed by atoms with Crippen LogP contribution in [0.1, 0.15) is 45.6 Å². The van der Waals surface area contributed by atoms with Gasteiger partial charge in [-0.25, -0.2) is 0 Å². The fourth-order valence-electron chi connectivity index (χ4n) is 5.69. The highest BCUT2D eigenvalue weighted by Gasteiger charge is 2.66. The molecule has 40 heavy (non-hydrogen) atoms. The number of hydrogen-bond acceptors (Lipinski definition) is 7. The molecule has 198 valence electrons. The largest absolute Gasteiger partial charge is 0.450 e. The quantitative estimate of drug-likeness (QED) is 0.270. The van der Waals surface area contributed by atoms with Crippen molar-refractivity contribution in [2.75, 3.05) is 9.80 Å². The smallest absolute Gasteiger partial charge is 0.297 e. The zero-order valence-electron chi connectivity index (χ0n) is 21.3. The highest BCUT2D eigenvalue weighted by molar-refractivity contribution is 7.15. The molecule has 0 aliphatic carbocycles. The molecule has 10 heteroatoms. The summed E-state index contributed by atoms with van der Waals surface area (Å²) in [7, 11) is 0.